The smallest absolute Gasteiger partial charge is 0.146 e. The van der Waals surface area contributed by atoms with Crippen LogP contribution in [-0.4, -0.2) is 21.5 Å². The van der Waals surface area contributed by atoms with Gasteiger partial charge >= 0.3 is 0 Å². The molecule has 3 aromatic heterocycles. The monoisotopic (exact) mass is 609 g/mol. The van der Waals surface area contributed by atoms with Crippen molar-refractivity contribution < 1.29 is 4.74 Å². The van der Waals surface area contributed by atoms with Gasteiger partial charge in [-0.05, 0) is 114 Å². The molecule has 0 unspecified atom stereocenters. The number of hydrogen-bond donors (Lipinski definition) is 0. The second-order valence-electron chi connectivity index (χ2n) is 12.5. The summed E-state index contributed by atoms with van der Waals surface area (Å²) < 4.78 is 8.21. The largest absolute Gasteiger partial charge is 0.495 e. The van der Waals surface area contributed by atoms with Crippen LogP contribution in [0.5, 0.6) is 5.75 Å². The van der Waals surface area contributed by atoms with E-state index < -0.39 is 0 Å². The number of aryl methyl sites for hydroxylation is 4. The Morgan fingerprint density at radius 1 is 0.574 bits per heavy atom. The number of aromatic nitrogens is 3. The highest BCUT2D eigenvalue weighted by Crippen LogP contribution is 2.41. The molecule has 4 heteroatoms. The van der Waals surface area contributed by atoms with Gasteiger partial charge in [0, 0.05) is 40.5 Å². The third-order valence-electron chi connectivity index (χ3n) is 9.37. The summed E-state index contributed by atoms with van der Waals surface area (Å²) in [5.74, 6) is 0.896. The van der Waals surface area contributed by atoms with Crippen LogP contribution >= 0.6 is 0 Å². The Hall–Kier alpha value is -5.74. The quantitative estimate of drug-likeness (QED) is 0.182. The van der Waals surface area contributed by atoms with E-state index >= 15 is 0 Å². The molecule has 0 amide bonds. The summed E-state index contributed by atoms with van der Waals surface area (Å²) in [5, 5.41) is 2.24. The van der Waals surface area contributed by atoms with Crippen LogP contribution in [-0.2, 0) is 0 Å². The Kier molecular flexibility index (Phi) is 6.87. The third-order valence-corrected chi connectivity index (χ3v) is 9.37. The minimum Gasteiger partial charge on any atom is -0.495 e. The van der Waals surface area contributed by atoms with E-state index in [2.05, 4.69) is 134 Å². The summed E-state index contributed by atoms with van der Waals surface area (Å²) >= 11 is 0. The maximum atomic E-state index is 6.01. The van der Waals surface area contributed by atoms with Crippen LogP contribution in [0.15, 0.2) is 122 Å². The molecule has 0 atom stereocenters. The first-order chi connectivity index (χ1) is 22.9. The van der Waals surface area contributed by atoms with Crippen LogP contribution < -0.4 is 4.74 Å². The van der Waals surface area contributed by atoms with Gasteiger partial charge < -0.3 is 4.74 Å². The number of pyridine rings is 2. The Balaban J connectivity index is 1.19. The molecule has 0 aliphatic heterocycles. The molecule has 4 nitrogen and oxygen atoms in total. The van der Waals surface area contributed by atoms with Gasteiger partial charge in [-0.25, -0.2) is 4.98 Å². The number of methoxy groups -OCH3 is 1. The van der Waals surface area contributed by atoms with Crippen LogP contribution in [0.1, 0.15) is 22.3 Å². The molecule has 0 aliphatic rings. The zero-order valence-corrected chi connectivity index (χ0v) is 27.3. The number of nitrogens with zero attached hydrogens (tertiary/aromatic N) is 3. The first-order valence-electron chi connectivity index (χ1n) is 16.0. The number of ether oxygens (including phenoxy) is 1. The van der Waals surface area contributed by atoms with Crippen molar-refractivity contribution in [2.45, 2.75) is 27.7 Å². The zero-order chi connectivity index (χ0) is 32.2. The highest BCUT2D eigenvalue weighted by Gasteiger charge is 2.17. The van der Waals surface area contributed by atoms with E-state index in [0.29, 0.717) is 0 Å². The Labute approximate surface area is 275 Å². The van der Waals surface area contributed by atoms with Crippen molar-refractivity contribution in [3.63, 3.8) is 0 Å². The number of hydrogen-bond acceptors (Lipinski definition) is 3. The van der Waals surface area contributed by atoms with E-state index in [0.717, 1.165) is 50.1 Å². The Bertz CT molecular complexity index is 2450. The van der Waals surface area contributed by atoms with E-state index in [1.807, 2.05) is 24.5 Å². The van der Waals surface area contributed by atoms with Gasteiger partial charge in [0.2, 0.25) is 0 Å². The minimum absolute atomic E-state index is 0.896. The SMILES string of the molecule is COc1c(-c2ccccc2)cc(C)cc1-c1ccc(-c2cc(C)c(-c3cc(C)c4c5ncccc5c5nccn5c4c3)c(C)c2)cc1. The van der Waals surface area contributed by atoms with Gasteiger partial charge in [-0.15, -0.1) is 0 Å². The second-order valence-corrected chi connectivity index (χ2v) is 12.5. The first kappa shape index (κ1) is 28.7. The number of imidazole rings is 1. The van der Waals surface area contributed by atoms with Crippen molar-refractivity contribution in [1.82, 2.24) is 14.4 Å². The van der Waals surface area contributed by atoms with Gasteiger partial charge in [-0.1, -0.05) is 72.8 Å². The predicted molar refractivity (Wildman–Crippen MR) is 195 cm³/mol. The van der Waals surface area contributed by atoms with Crippen molar-refractivity contribution in [3.8, 4) is 50.3 Å². The minimum atomic E-state index is 0.896. The summed E-state index contributed by atoms with van der Waals surface area (Å²) in [6.45, 7) is 8.77. The molecule has 8 aromatic rings. The molecular formula is C43H35N3O. The highest BCUT2D eigenvalue weighted by atomic mass is 16.5. The molecule has 0 N–H and O–H groups in total. The van der Waals surface area contributed by atoms with Crippen LogP contribution in [0.3, 0.4) is 0 Å². The summed E-state index contributed by atoms with van der Waals surface area (Å²) in [6, 6.07) is 37.1. The van der Waals surface area contributed by atoms with Gasteiger partial charge in [0.15, 0.2) is 0 Å². The molecule has 47 heavy (non-hydrogen) atoms. The van der Waals surface area contributed by atoms with Crippen molar-refractivity contribution in [3.05, 3.63) is 144 Å². The standard InChI is InChI=1S/C43H35N3O/c1-26-20-36(31-10-7-6-8-11-31)42(47-5)37(21-26)32-15-13-30(14-16-32)33-22-27(2)39(28(3)23-33)34-24-29(4)40-38(25-34)46-19-18-45-43(46)35-12-9-17-44-41(35)40/h6-25H,1-5H3. The van der Waals surface area contributed by atoms with Crippen LogP contribution in [0.2, 0.25) is 0 Å². The average Bonchev–Trinajstić information content (AvgIpc) is 3.59. The number of fused-ring (bicyclic) bond motifs is 6. The lowest BCUT2D eigenvalue weighted by molar-refractivity contribution is 0.418. The third kappa shape index (κ3) is 4.76. The van der Waals surface area contributed by atoms with Crippen LogP contribution in [0.25, 0.3) is 72.0 Å². The van der Waals surface area contributed by atoms with Crippen LogP contribution in [0.4, 0.5) is 0 Å². The van der Waals surface area contributed by atoms with E-state index in [9.17, 15) is 0 Å². The Morgan fingerprint density at radius 3 is 1.94 bits per heavy atom. The molecule has 0 fully saturated rings. The zero-order valence-electron chi connectivity index (χ0n) is 27.3. The van der Waals surface area contributed by atoms with E-state index in [4.69, 9.17) is 9.72 Å². The number of rotatable bonds is 5. The highest BCUT2D eigenvalue weighted by molar-refractivity contribution is 6.11. The van der Waals surface area contributed by atoms with Gasteiger partial charge in [0.25, 0.3) is 0 Å². The van der Waals surface area contributed by atoms with Gasteiger partial charge in [0.05, 0.1) is 18.1 Å². The van der Waals surface area contributed by atoms with Gasteiger partial charge in [-0.2, -0.15) is 0 Å². The molecule has 0 saturated heterocycles. The topological polar surface area (TPSA) is 39.4 Å². The summed E-state index contributed by atoms with van der Waals surface area (Å²) in [7, 11) is 1.76. The first-order valence-corrected chi connectivity index (χ1v) is 16.0. The summed E-state index contributed by atoms with van der Waals surface area (Å²) in [4.78, 5) is 9.46. The summed E-state index contributed by atoms with van der Waals surface area (Å²) in [5.41, 5.74) is 17.3. The lowest BCUT2D eigenvalue weighted by atomic mass is 9.89. The second kappa shape index (κ2) is 11.3. The average molecular weight is 610 g/mol. The molecule has 0 bridgehead atoms. The van der Waals surface area contributed by atoms with E-state index in [-0.39, 0.29) is 0 Å². The summed E-state index contributed by atoms with van der Waals surface area (Å²) in [6.07, 6.45) is 5.79. The van der Waals surface area contributed by atoms with Crippen molar-refractivity contribution in [2.75, 3.05) is 7.11 Å². The Morgan fingerprint density at radius 2 is 1.23 bits per heavy atom. The molecule has 0 spiro atoms. The van der Waals surface area contributed by atoms with E-state index in [1.54, 1.807) is 7.11 Å². The van der Waals surface area contributed by atoms with Gasteiger partial charge in [0.1, 0.15) is 11.4 Å². The molecule has 0 radical (unpaired) electrons. The lowest BCUT2D eigenvalue weighted by Gasteiger charge is -2.17. The maximum absolute atomic E-state index is 6.01. The fourth-order valence-electron chi connectivity index (χ4n) is 7.36. The fraction of sp³-hybridized carbons (Fsp3) is 0.116. The van der Waals surface area contributed by atoms with Crippen molar-refractivity contribution in [1.29, 1.82) is 0 Å². The van der Waals surface area contributed by atoms with Crippen molar-refractivity contribution >= 4 is 27.5 Å². The maximum Gasteiger partial charge on any atom is 0.146 e. The molecule has 0 saturated carbocycles. The predicted octanol–water partition coefficient (Wildman–Crippen LogP) is 10.9. The van der Waals surface area contributed by atoms with Crippen LogP contribution in [0, 0.1) is 27.7 Å². The van der Waals surface area contributed by atoms with Crippen molar-refractivity contribution in [2.24, 2.45) is 0 Å². The number of benzene rings is 5. The molecule has 3 heterocycles. The van der Waals surface area contributed by atoms with E-state index in [1.165, 1.54) is 49.9 Å². The molecular weight excluding hydrogens is 574 g/mol. The molecule has 0 aliphatic carbocycles. The fourth-order valence-corrected chi connectivity index (χ4v) is 7.36. The normalized spacial score (nSPS) is 11.5. The van der Waals surface area contributed by atoms with Gasteiger partial charge in [-0.3, -0.25) is 9.38 Å². The molecule has 228 valence electrons. The molecule has 8 rings (SSSR count). The molecule has 5 aromatic carbocycles. The lowest BCUT2D eigenvalue weighted by Crippen LogP contribution is -1.97.